The summed E-state index contributed by atoms with van der Waals surface area (Å²) in [6.07, 6.45) is 1.14. The van der Waals surface area contributed by atoms with Crippen molar-refractivity contribution in [1.82, 2.24) is 4.90 Å². The second kappa shape index (κ2) is 7.10. The molecule has 4 heteroatoms. The average molecular weight is 325 g/mol. The van der Waals surface area contributed by atoms with E-state index < -0.39 is 0 Å². The van der Waals surface area contributed by atoms with Crippen molar-refractivity contribution in [2.24, 2.45) is 11.1 Å². The second-order valence-electron chi connectivity index (χ2n) is 6.41. The van der Waals surface area contributed by atoms with Crippen molar-refractivity contribution in [3.05, 3.63) is 34.2 Å². The monoisotopic (exact) mass is 324 g/mol. The fraction of sp³-hybridized carbons (Fsp3) is 0.529. The molecule has 0 bridgehead atoms. The maximum absolute atomic E-state index is 6.57. The molecule has 0 aliphatic rings. The summed E-state index contributed by atoms with van der Waals surface area (Å²) in [5, 5.41) is 2.09. The van der Waals surface area contributed by atoms with Crippen molar-refractivity contribution >= 4 is 33.0 Å². The van der Waals surface area contributed by atoms with Gasteiger partial charge in [0.05, 0.1) is 5.02 Å². The zero-order valence-corrected chi connectivity index (χ0v) is 14.7. The summed E-state index contributed by atoms with van der Waals surface area (Å²) in [6.45, 7) is 10.4. The lowest BCUT2D eigenvalue weighted by atomic mass is 9.93. The van der Waals surface area contributed by atoms with Gasteiger partial charge in [-0.2, -0.15) is 0 Å². The van der Waals surface area contributed by atoms with Crippen molar-refractivity contribution in [3.63, 3.8) is 0 Å². The Morgan fingerprint density at radius 1 is 1.29 bits per heavy atom. The molecule has 2 rings (SSSR count). The van der Waals surface area contributed by atoms with Gasteiger partial charge >= 0.3 is 0 Å². The SMILES string of the molecule is CCCN(Cc1sc2ccccc2c1Cl)CC(C)(C)CN. The first kappa shape index (κ1) is 16.8. The highest BCUT2D eigenvalue weighted by Crippen LogP contribution is 2.36. The number of rotatable bonds is 7. The molecule has 0 aliphatic heterocycles. The van der Waals surface area contributed by atoms with E-state index in [1.54, 1.807) is 11.3 Å². The number of halogens is 1. The highest BCUT2D eigenvalue weighted by molar-refractivity contribution is 7.19. The van der Waals surface area contributed by atoms with Crippen LogP contribution in [0.5, 0.6) is 0 Å². The lowest BCUT2D eigenvalue weighted by molar-refractivity contribution is 0.177. The van der Waals surface area contributed by atoms with Crippen LogP contribution < -0.4 is 5.73 Å². The van der Waals surface area contributed by atoms with Gasteiger partial charge in [0, 0.05) is 28.1 Å². The quantitative estimate of drug-likeness (QED) is 0.796. The van der Waals surface area contributed by atoms with Gasteiger partial charge < -0.3 is 5.73 Å². The van der Waals surface area contributed by atoms with Gasteiger partial charge in [0.15, 0.2) is 0 Å². The molecule has 0 spiro atoms. The van der Waals surface area contributed by atoms with Crippen molar-refractivity contribution in [2.45, 2.75) is 33.7 Å². The molecule has 0 saturated carbocycles. The van der Waals surface area contributed by atoms with Crippen LogP contribution in [0.2, 0.25) is 5.02 Å². The van der Waals surface area contributed by atoms with E-state index in [1.165, 1.54) is 15.0 Å². The smallest absolute Gasteiger partial charge is 0.0637 e. The van der Waals surface area contributed by atoms with E-state index in [0.717, 1.165) is 31.1 Å². The third-order valence-electron chi connectivity index (χ3n) is 3.71. The van der Waals surface area contributed by atoms with E-state index in [2.05, 4.69) is 43.9 Å². The second-order valence-corrected chi connectivity index (χ2v) is 7.93. The van der Waals surface area contributed by atoms with Crippen LogP contribution in [0.25, 0.3) is 10.1 Å². The molecule has 0 saturated heterocycles. The summed E-state index contributed by atoms with van der Waals surface area (Å²) < 4.78 is 1.27. The van der Waals surface area contributed by atoms with Crippen LogP contribution in [0.15, 0.2) is 24.3 Å². The predicted octanol–water partition coefficient (Wildman–Crippen LogP) is 4.75. The first-order valence-electron chi connectivity index (χ1n) is 7.55. The van der Waals surface area contributed by atoms with Crippen LogP contribution in [0.3, 0.4) is 0 Å². The molecule has 2 nitrogen and oxygen atoms in total. The third kappa shape index (κ3) is 4.19. The lowest BCUT2D eigenvalue weighted by Gasteiger charge is -2.31. The fourth-order valence-corrected chi connectivity index (χ4v) is 4.10. The van der Waals surface area contributed by atoms with Gasteiger partial charge in [0.1, 0.15) is 0 Å². The van der Waals surface area contributed by atoms with Crippen LogP contribution in [0.1, 0.15) is 32.1 Å². The van der Waals surface area contributed by atoms with Crippen LogP contribution in [-0.2, 0) is 6.54 Å². The molecule has 0 radical (unpaired) electrons. The van der Waals surface area contributed by atoms with E-state index in [1.807, 2.05) is 6.07 Å². The molecule has 116 valence electrons. The molecule has 2 aromatic rings. The fourth-order valence-electron chi connectivity index (χ4n) is 2.57. The number of hydrogen-bond acceptors (Lipinski definition) is 3. The lowest BCUT2D eigenvalue weighted by Crippen LogP contribution is -2.38. The number of hydrogen-bond donors (Lipinski definition) is 1. The molecule has 1 aromatic heterocycles. The Morgan fingerprint density at radius 3 is 2.62 bits per heavy atom. The zero-order valence-electron chi connectivity index (χ0n) is 13.2. The Hall–Kier alpha value is -0.610. The van der Waals surface area contributed by atoms with Crippen molar-refractivity contribution in [3.8, 4) is 0 Å². The van der Waals surface area contributed by atoms with Crippen LogP contribution >= 0.6 is 22.9 Å². The Kier molecular flexibility index (Phi) is 5.67. The topological polar surface area (TPSA) is 29.3 Å². The summed E-state index contributed by atoms with van der Waals surface area (Å²) in [5.41, 5.74) is 6.02. The Morgan fingerprint density at radius 2 is 2.00 bits per heavy atom. The minimum absolute atomic E-state index is 0.137. The maximum atomic E-state index is 6.57. The summed E-state index contributed by atoms with van der Waals surface area (Å²) in [7, 11) is 0. The van der Waals surface area contributed by atoms with Crippen LogP contribution in [-0.4, -0.2) is 24.5 Å². The van der Waals surface area contributed by atoms with Crippen molar-refractivity contribution in [2.75, 3.05) is 19.6 Å². The minimum atomic E-state index is 0.137. The van der Waals surface area contributed by atoms with E-state index in [9.17, 15) is 0 Å². The van der Waals surface area contributed by atoms with Gasteiger partial charge in [-0.25, -0.2) is 0 Å². The Balaban J connectivity index is 2.20. The molecule has 2 N–H and O–H groups in total. The molecule has 21 heavy (non-hydrogen) atoms. The molecule has 0 amide bonds. The largest absolute Gasteiger partial charge is 0.330 e. The van der Waals surface area contributed by atoms with Crippen LogP contribution in [0.4, 0.5) is 0 Å². The first-order valence-corrected chi connectivity index (χ1v) is 8.74. The molecule has 0 aliphatic carbocycles. The maximum Gasteiger partial charge on any atom is 0.0637 e. The average Bonchev–Trinajstić information content (AvgIpc) is 2.76. The van der Waals surface area contributed by atoms with Gasteiger partial charge in [-0.1, -0.05) is 50.6 Å². The van der Waals surface area contributed by atoms with E-state index in [0.29, 0.717) is 6.54 Å². The van der Waals surface area contributed by atoms with Crippen LogP contribution in [0, 0.1) is 5.41 Å². The molecule has 0 atom stereocenters. The third-order valence-corrected chi connectivity index (χ3v) is 5.41. The molecule has 1 heterocycles. The summed E-state index contributed by atoms with van der Waals surface area (Å²) in [5.74, 6) is 0. The number of thiophene rings is 1. The summed E-state index contributed by atoms with van der Waals surface area (Å²) in [4.78, 5) is 3.74. The number of benzene rings is 1. The first-order chi connectivity index (χ1) is 9.96. The standard InChI is InChI=1S/C17H25ClN2S/c1-4-9-20(12-17(2,3)11-19)10-15-16(18)13-7-5-6-8-14(13)21-15/h5-8H,4,9-12,19H2,1-3H3. The number of fused-ring (bicyclic) bond motifs is 1. The van der Waals surface area contributed by atoms with E-state index in [-0.39, 0.29) is 5.41 Å². The van der Waals surface area contributed by atoms with Gasteiger partial charge in [-0.15, -0.1) is 11.3 Å². The van der Waals surface area contributed by atoms with Gasteiger partial charge in [-0.05, 0) is 31.0 Å². The van der Waals surface area contributed by atoms with E-state index >= 15 is 0 Å². The van der Waals surface area contributed by atoms with Crippen molar-refractivity contribution < 1.29 is 0 Å². The number of nitrogens with two attached hydrogens (primary N) is 1. The Bertz CT molecular complexity index is 591. The molecular formula is C17H25ClN2S. The predicted molar refractivity (Wildman–Crippen MR) is 95.2 cm³/mol. The van der Waals surface area contributed by atoms with Gasteiger partial charge in [-0.3, -0.25) is 4.90 Å². The highest BCUT2D eigenvalue weighted by atomic mass is 35.5. The Labute approximate surface area is 136 Å². The molecule has 1 aromatic carbocycles. The summed E-state index contributed by atoms with van der Waals surface area (Å²) >= 11 is 8.37. The number of nitrogens with zero attached hydrogens (tertiary/aromatic N) is 1. The van der Waals surface area contributed by atoms with Gasteiger partial charge in [0.2, 0.25) is 0 Å². The van der Waals surface area contributed by atoms with E-state index in [4.69, 9.17) is 17.3 Å². The molecular weight excluding hydrogens is 300 g/mol. The summed E-state index contributed by atoms with van der Waals surface area (Å²) in [6, 6.07) is 8.36. The normalized spacial score (nSPS) is 12.5. The van der Waals surface area contributed by atoms with Gasteiger partial charge in [0.25, 0.3) is 0 Å². The highest BCUT2D eigenvalue weighted by Gasteiger charge is 2.21. The van der Waals surface area contributed by atoms with Crippen molar-refractivity contribution in [1.29, 1.82) is 0 Å². The molecule has 0 fully saturated rings. The molecule has 0 unspecified atom stereocenters. The zero-order chi connectivity index (χ0) is 15.5. The minimum Gasteiger partial charge on any atom is -0.330 e.